The normalized spacial score (nSPS) is 10.9. The summed E-state index contributed by atoms with van der Waals surface area (Å²) in [5, 5.41) is 3.38. The molecule has 3 nitrogen and oxygen atoms in total. The van der Waals surface area contributed by atoms with Crippen molar-refractivity contribution in [3.8, 4) is 5.75 Å². The molecule has 2 aromatic rings. The molecule has 3 heteroatoms. The van der Waals surface area contributed by atoms with E-state index >= 15 is 0 Å². The van der Waals surface area contributed by atoms with E-state index in [2.05, 4.69) is 43.2 Å². The van der Waals surface area contributed by atoms with Crippen LogP contribution in [0, 0.1) is 0 Å². The van der Waals surface area contributed by atoms with E-state index in [4.69, 9.17) is 4.74 Å². The van der Waals surface area contributed by atoms with Crippen molar-refractivity contribution in [3.05, 3.63) is 59.4 Å². The van der Waals surface area contributed by atoms with E-state index < -0.39 is 0 Å². The maximum Gasteiger partial charge on any atom is 0.130 e. The van der Waals surface area contributed by atoms with E-state index in [0.717, 1.165) is 24.4 Å². The van der Waals surface area contributed by atoms with E-state index in [9.17, 15) is 0 Å². The van der Waals surface area contributed by atoms with Gasteiger partial charge in [-0.2, -0.15) is 0 Å². The number of hydrogen-bond donors (Lipinski definition) is 1. The van der Waals surface area contributed by atoms with Gasteiger partial charge in [0.1, 0.15) is 12.4 Å². The zero-order valence-electron chi connectivity index (χ0n) is 13.1. The monoisotopic (exact) mass is 284 g/mol. The topological polar surface area (TPSA) is 34.1 Å². The number of hydrogen-bond acceptors (Lipinski definition) is 3. The third-order valence-electron chi connectivity index (χ3n) is 3.33. The second-order valence-electron chi connectivity index (χ2n) is 5.44. The maximum atomic E-state index is 5.87. The van der Waals surface area contributed by atoms with Crippen LogP contribution in [0.2, 0.25) is 0 Å². The highest BCUT2D eigenvalue weighted by molar-refractivity contribution is 5.33. The molecule has 2 rings (SSSR count). The minimum atomic E-state index is 0.485. The Kier molecular flexibility index (Phi) is 5.76. The number of aromatic nitrogens is 1. The second-order valence-corrected chi connectivity index (χ2v) is 5.44. The summed E-state index contributed by atoms with van der Waals surface area (Å²) < 4.78 is 5.87. The van der Waals surface area contributed by atoms with Gasteiger partial charge in [0.2, 0.25) is 0 Å². The third-order valence-corrected chi connectivity index (χ3v) is 3.33. The molecule has 1 aromatic heterocycles. The molecule has 0 aliphatic rings. The van der Waals surface area contributed by atoms with E-state index in [1.807, 2.05) is 30.5 Å². The van der Waals surface area contributed by atoms with Gasteiger partial charge in [-0.25, -0.2) is 0 Å². The van der Waals surface area contributed by atoms with Gasteiger partial charge in [-0.15, -0.1) is 0 Å². The number of benzene rings is 1. The Labute approximate surface area is 127 Å². The van der Waals surface area contributed by atoms with Gasteiger partial charge in [0, 0.05) is 18.8 Å². The lowest BCUT2D eigenvalue weighted by atomic mass is 10.1. The van der Waals surface area contributed by atoms with Crippen molar-refractivity contribution in [2.24, 2.45) is 0 Å². The Hall–Kier alpha value is -1.87. The molecule has 1 heterocycles. The molecule has 0 aliphatic carbocycles. The number of nitrogens with one attached hydrogen (secondary N) is 1. The maximum absolute atomic E-state index is 5.87. The van der Waals surface area contributed by atoms with Gasteiger partial charge in [0.15, 0.2) is 0 Å². The van der Waals surface area contributed by atoms with Crippen LogP contribution in [0.5, 0.6) is 5.75 Å². The van der Waals surface area contributed by atoms with Crippen molar-refractivity contribution in [2.75, 3.05) is 0 Å². The molecule has 0 radical (unpaired) electrons. The Balaban J connectivity index is 1.91. The van der Waals surface area contributed by atoms with Crippen LogP contribution in [0.4, 0.5) is 0 Å². The van der Waals surface area contributed by atoms with Crippen molar-refractivity contribution in [3.63, 3.8) is 0 Å². The quantitative estimate of drug-likeness (QED) is 0.841. The molecule has 0 amide bonds. The Morgan fingerprint density at radius 2 is 1.95 bits per heavy atom. The lowest BCUT2D eigenvalue weighted by Gasteiger charge is -2.11. The van der Waals surface area contributed by atoms with Crippen LogP contribution < -0.4 is 10.1 Å². The van der Waals surface area contributed by atoms with Gasteiger partial charge in [-0.1, -0.05) is 45.0 Å². The molecule has 0 bridgehead atoms. The molecular formula is C18H24N2O. The molecule has 0 saturated carbocycles. The number of nitrogens with zero attached hydrogens (tertiary/aromatic N) is 1. The summed E-state index contributed by atoms with van der Waals surface area (Å²) in [5.74, 6) is 0.951. The van der Waals surface area contributed by atoms with Crippen LogP contribution >= 0.6 is 0 Å². The summed E-state index contributed by atoms with van der Waals surface area (Å²) in [6, 6.07) is 12.8. The van der Waals surface area contributed by atoms with Crippen molar-refractivity contribution >= 4 is 0 Å². The van der Waals surface area contributed by atoms with Crippen LogP contribution in [0.25, 0.3) is 0 Å². The summed E-state index contributed by atoms with van der Waals surface area (Å²) in [4.78, 5) is 4.46. The highest BCUT2D eigenvalue weighted by Crippen LogP contribution is 2.19. The van der Waals surface area contributed by atoms with Crippen LogP contribution in [0.3, 0.4) is 0 Å². The van der Waals surface area contributed by atoms with Gasteiger partial charge < -0.3 is 10.1 Å². The molecule has 21 heavy (non-hydrogen) atoms. The van der Waals surface area contributed by atoms with Gasteiger partial charge in [0.05, 0.1) is 5.69 Å². The number of pyridine rings is 1. The number of aryl methyl sites for hydroxylation is 1. The van der Waals surface area contributed by atoms with Gasteiger partial charge in [0.25, 0.3) is 0 Å². The summed E-state index contributed by atoms with van der Waals surface area (Å²) >= 11 is 0. The fourth-order valence-electron chi connectivity index (χ4n) is 2.06. The first kappa shape index (κ1) is 15.5. The zero-order chi connectivity index (χ0) is 15.1. The van der Waals surface area contributed by atoms with Crippen molar-refractivity contribution in [1.82, 2.24) is 10.3 Å². The molecule has 0 saturated heterocycles. The smallest absolute Gasteiger partial charge is 0.130 e. The molecule has 0 unspecified atom stereocenters. The van der Waals surface area contributed by atoms with E-state index in [1.54, 1.807) is 0 Å². The molecule has 0 spiro atoms. The minimum Gasteiger partial charge on any atom is -0.487 e. The second kappa shape index (κ2) is 7.79. The van der Waals surface area contributed by atoms with E-state index in [1.165, 1.54) is 11.1 Å². The Morgan fingerprint density at radius 3 is 2.62 bits per heavy atom. The lowest BCUT2D eigenvalue weighted by Crippen LogP contribution is -2.21. The fourth-order valence-corrected chi connectivity index (χ4v) is 2.06. The van der Waals surface area contributed by atoms with Crippen molar-refractivity contribution in [2.45, 2.75) is 46.4 Å². The first-order valence-corrected chi connectivity index (χ1v) is 7.57. The van der Waals surface area contributed by atoms with Crippen LogP contribution in [0.1, 0.15) is 37.6 Å². The van der Waals surface area contributed by atoms with Crippen molar-refractivity contribution < 1.29 is 4.74 Å². The number of rotatable bonds is 7. The predicted octanol–water partition coefficient (Wildman–Crippen LogP) is 3.72. The standard InChI is InChI=1S/C18H24N2O/c1-4-16-7-5-6-8-18(16)21-13-17-10-9-15(12-20-17)11-19-14(2)3/h5-10,12,14,19H,4,11,13H2,1-3H3. The fraction of sp³-hybridized carbons (Fsp3) is 0.389. The van der Waals surface area contributed by atoms with Crippen LogP contribution in [0.15, 0.2) is 42.6 Å². The molecule has 1 aromatic carbocycles. The van der Waals surface area contributed by atoms with E-state index in [-0.39, 0.29) is 0 Å². The average Bonchev–Trinajstić information content (AvgIpc) is 2.52. The number of para-hydroxylation sites is 1. The lowest BCUT2D eigenvalue weighted by molar-refractivity contribution is 0.298. The Bertz CT molecular complexity index is 549. The van der Waals surface area contributed by atoms with E-state index in [0.29, 0.717) is 12.6 Å². The zero-order valence-corrected chi connectivity index (χ0v) is 13.1. The molecular weight excluding hydrogens is 260 g/mol. The summed E-state index contributed by atoms with van der Waals surface area (Å²) in [7, 11) is 0. The predicted molar refractivity (Wildman–Crippen MR) is 86.4 cm³/mol. The average molecular weight is 284 g/mol. The first-order valence-electron chi connectivity index (χ1n) is 7.57. The van der Waals surface area contributed by atoms with Gasteiger partial charge in [-0.3, -0.25) is 4.98 Å². The van der Waals surface area contributed by atoms with Crippen LogP contribution in [-0.2, 0) is 19.6 Å². The summed E-state index contributed by atoms with van der Waals surface area (Å²) in [6.07, 6.45) is 2.89. The molecule has 0 aliphatic heterocycles. The number of ether oxygens (including phenoxy) is 1. The van der Waals surface area contributed by atoms with Gasteiger partial charge in [-0.05, 0) is 29.7 Å². The molecule has 1 N–H and O–H groups in total. The molecule has 0 fully saturated rings. The highest BCUT2D eigenvalue weighted by Gasteiger charge is 2.02. The van der Waals surface area contributed by atoms with Crippen molar-refractivity contribution in [1.29, 1.82) is 0 Å². The van der Waals surface area contributed by atoms with Gasteiger partial charge >= 0.3 is 0 Å². The SMILES string of the molecule is CCc1ccccc1OCc1ccc(CNC(C)C)cn1. The molecule has 112 valence electrons. The molecule has 0 atom stereocenters. The largest absolute Gasteiger partial charge is 0.487 e. The minimum absolute atomic E-state index is 0.485. The third kappa shape index (κ3) is 4.87. The Morgan fingerprint density at radius 1 is 1.14 bits per heavy atom. The summed E-state index contributed by atoms with van der Waals surface area (Å²) in [5.41, 5.74) is 3.38. The first-order chi connectivity index (χ1) is 10.2. The summed E-state index contributed by atoms with van der Waals surface area (Å²) in [6.45, 7) is 7.78. The van der Waals surface area contributed by atoms with Crippen LogP contribution in [-0.4, -0.2) is 11.0 Å². The highest BCUT2D eigenvalue weighted by atomic mass is 16.5.